The molecule has 0 atom stereocenters. The zero-order valence-electron chi connectivity index (χ0n) is 8.74. The highest BCUT2D eigenvalue weighted by Crippen LogP contribution is 2.21. The molecule has 2 rings (SSSR count). The fourth-order valence-electron chi connectivity index (χ4n) is 1.70. The summed E-state index contributed by atoms with van der Waals surface area (Å²) in [4.78, 5) is 4.54. The molecular formula is C11H14N2O. The minimum Gasteiger partial charge on any atom is -0.493 e. The number of hydrogen-bond donors (Lipinski definition) is 0. The summed E-state index contributed by atoms with van der Waals surface area (Å²) >= 11 is 0. The van der Waals surface area contributed by atoms with Crippen molar-refractivity contribution in [2.24, 2.45) is 0 Å². The number of ether oxygens (including phenoxy) is 1. The number of pyridine rings is 1. The Hall–Kier alpha value is -1.51. The first-order valence-corrected chi connectivity index (χ1v) is 4.78. The summed E-state index contributed by atoms with van der Waals surface area (Å²) in [6.07, 6.45) is 2.97. The average Bonchev–Trinajstić information content (AvgIpc) is 2.55. The number of hydrogen-bond acceptors (Lipinski definition) is 2. The van der Waals surface area contributed by atoms with Gasteiger partial charge in [0.25, 0.3) is 0 Å². The Morgan fingerprint density at radius 1 is 1.50 bits per heavy atom. The molecule has 0 N–H and O–H groups in total. The lowest BCUT2D eigenvalue weighted by molar-refractivity contribution is 0.417. The Labute approximate surface area is 83.3 Å². The van der Waals surface area contributed by atoms with Crippen LogP contribution in [0.2, 0.25) is 0 Å². The molecule has 0 radical (unpaired) electrons. The van der Waals surface area contributed by atoms with Gasteiger partial charge < -0.3 is 9.14 Å². The monoisotopic (exact) mass is 190 g/mol. The van der Waals surface area contributed by atoms with E-state index in [2.05, 4.69) is 23.2 Å². The van der Waals surface area contributed by atoms with Gasteiger partial charge in [0.2, 0.25) is 0 Å². The Morgan fingerprint density at radius 2 is 2.29 bits per heavy atom. The molecule has 0 amide bonds. The van der Waals surface area contributed by atoms with E-state index in [-0.39, 0.29) is 0 Å². The van der Waals surface area contributed by atoms with Crippen LogP contribution in [0.3, 0.4) is 0 Å². The molecule has 2 aromatic rings. The van der Waals surface area contributed by atoms with Crippen molar-refractivity contribution in [3.63, 3.8) is 0 Å². The number of rotatable bonds is 2. The number of methoxy groups -OCH3 is 1. The maximum atomic E-state index is 5.26. The predicted octanol–water partition coefficient (Wildman–Crippen LogP) is 2.21. The molecule has 0 aromatic carbocycles. The van der Waals surface area contributed by atoms with Crippen molar-refractivity contribution in [1.82, 2.24) is 9.38 Å². The van der Waals surface area contributed by atoms with E-state index in [9.17, 15) is 0 Å². The zero-order chi connectivity index (χ0) is 10.1. The van der Waals surface area contributed by atoms with Crippen molar-refractivity contribution in [2.45, 2.75) is 20.3 Å². The van der Waals surface area contributed by atoms with Crippen LogP contribution >= 0.6 is 0 Å². The van der Waals surface area contributed by atoms with Gasteiger partial charge in [0.05, 0.1) is 12.8 Å². The molecule has 2 heterocycles. The van der Waals surface area contributed by atoms with E-state index in [0.717, 1.165) is 23.5 Å². The highest BCUT2D eigenvalue weighted by Gasteiger charge is 2.09. The zero-order valence-corrected chi connectivity index (χ0v) is 8.74. The van der Waals surface area contributed by atoms with E-state index in [4.69, 9.17) is 4.74 Å². The number of nitrogens with zero attached hydrogens (tertiary/aromatic N) is 2. The lowest BCUT2D eigenvalue weighted by atomic mass is 10.3. The standard InChI is InChI=1S/C11H14N2O/c1-4-9-8(2)13-7-5-6-10(14-3)11(13)12-9/h5-7H,4H2,1-3H3. The molecule has 14 heavy (non-hydrogen) atoms. The Kier molecular flexibility index (Phi) is 2.15. The number of fused-ring (bicyclic) bond motifs is 1. The van der Waals surface area contributed by atoms with E-state index in [1.807, 2.05) is 18.3 Å². The molecule has 3 nitrogen and oxygen atoms in total. The van der Waals surface area contributed by atoms with Gasteiger partial charge >= 0.3 is 0 Å². The number of aromatic nitrogens is 2. The van der Waals surface area contributed by atoms with Crippen molar-refractivity contribution in [3.05, 3.63) is 29.7 Å². The van der Waals surface area contributed by atoms with Gasteiger partial charge in [-0.3, -0.25) is 0 Å². The van der Waals surface area contributed by atoms with Gasteiger partial charge in [-0.05, 0) is 25.5 Å². The third-order valence-corrected chi connectivity index (χ3v) is 2.51. The van der Waals surface area contributed by atoms with Crippen LogP contribution in [0.25, 0.3) is 5.65 Å². The van der Waals surface area contributed by atoms with Crippen LogP contribution in [0.15, 0.2) is 18.3 Å². The molecular weight excluding hydrogens is 176 g/mol. The van der Waals surface area contributed by atoms with Crippen molar-refractivity contribution in [1.29, 1.82) is 0 Å². The summed E-state index contributed by atoms with van der Waals surface area (Å²) in [6, 6.07) is 3.90. The van der Waals surface area contributed by atoms with E-state index in [0.29, 0.717) is 0 Å². The average molecular weight is 190 g/mol. The lowest BCUT2D eigenvalue weighted by Crippen LogP contribution is -1.91. The Bertz CT molecular complexity index is 460. The topological polar surface area (TPSA) is 26.5 Å². The van der Waals surface area contributed by atoms with Crippen molar-refractivity contribution in [3.8, 4) is 5.75 Å². The number of aryl methyl sites for hydroxylation is 2. The molecule has 0 aliphatic heterocycles. The summed E-state index contributed by atoms with van der Waals surface area (Å²) in [5.41, 5.74) is 3.24. The van der Waals surface area contributed by atoms with Crippen LogP contribution in [-0.2, 0) is 6.42 Å². The van der Waals surface area contributed by atoms with E-state index < -0.39 is 0 Å². The van der Waals surface area contributed by atoms with Crippen molar-refractivity contribution >= 4 is 5.65 Å². The largest absolute Gasteiger partial charge is 0.493 e. The summed E-state index contributed by atoms with van der Waals surface area (Å²) in [7, 11) is 1.67. The smallest absolute Gasteiger partial charge is 0.180 e. The van der Waals surface area contributed by atoms with E-state index >= 15 is 0 Å². The summed E-state index contributed by atoms with van der Waals surface area (Å²) < 4.78 is 7.32. The highest BCUT2D eigenvalue weighted by atomic mass is 16.5. The maximum absolute atomic E-state index is 5.26. The van der Waals surface area contributed by atoms with Gasteiger partial charge in [-0.15, -0.1) is 0 Å². The fraction of sp³-hybridized carbons (Fsp3) is 0.364. The van der Waals surface area contributed by atoms with Crippen LogP contribution in [0.4, 0.5) is 0 Å². The van der Waals surface area contributed by atoms with Gasteiger partial charge in [-0.25, -0.2) is 4.98 Å². The molecule has 0 fully saturated rings. The van der Waals surface area contributed by atoms with E-state index in [1.165, 1.54) is 5.69 Å². The predicted molar refractivity (Wildman–Crippen MR) is 55.9 cm³/mol. The summed E-state index contributed by atoms with van der Waals surface area (Å²) in [5.74, 6) is 0.829. The summed E-state index contributed by atoms with van der Waals surface area (Å²) in [5, 5.41) is 0. The molecule has 74 valence electrons. The van der Waals surface area contributed by atoms with Crippen LogP contribution in [0.1, 0.15) is 18.3 Å². The van der Waals surface area contributed by atoms with Gasteiger partial charge in [0, 0.05) is 11.9 Å². The molecule has 2 aromatic heterocycles. The molecule has 0 unspecified atom stereocenters. The van der Waals surface area contributed by atoms with Crippen LogP contribution in [0, 0.1) is 6.92 Å². The molecule has 0 bridgehead atoms. The van der Waals surface area contributed by atoms with Gasteiger partial charge in [0.1, 0.15) is 0 Å². The number of imidazole rings is 1. The molecule has 0 spiro atoms. The van der Waals surface area contributed by atoms with Crippen LogP contribution in [0.5, 0.6) is 5.75 Å². The second kappa shape index (κ2) is 3.33. The van der Waals surface area contributed by atoms with Crippen LogP contribution in [-0.4, -0.2) is 16.5 Å². The van der Waals surface area contributed by atoms with Gasteiger partial charge in [0.15, 0.2) is 11.4 Å². The molecule has 0 saturated heterocycles. The maximum Gasteiger partial charge on any atom is 0.180 e. The second-order valence-electron chi connectivity index (χ2n) is 3.27. The minimum atomic E-state index is 0.829. The SMILES string of the molecule is CCc1nc2c(OC)cccn2c1C. The Morgan fingerprint density at radius 3 is 2.93 bits per heavy atom. The van der Waals surface area contributed by atoms with E-state index in [1.54, 1.807) is 7.11 Å². The normalized spacial score (nSPS) is 10.8. The third kappa shape index (κ3) is 1.16. The quantitative estimate of drug-likeness (QED) is 0.725. The van der Waals surface area contributed by atoms with Gasteiger partial charge in [-0.2, -0.15) is 0 Å². The molecule has 0 aliphatic rings. The second-order valence-corrected chi connectivity index (χ2v) is 3.27. The first kappa shape index (κ1) is 9.06. The molecule has 0 saturated carbocycles. The Balaban J connectivity index is 2.77. The fourth-order valence-corrected chi connectivity index (χ4v) is 1.70. The lowest BCUT2D eigenvalue weighted by Gasteiger charge is -2.01. The van der Waals surface area contributed by atoms with Crippen molar-refractivity contribution in [2.75, 3.05) is 7.11 Å². The molecule has 0 aliphatic carbocycles. The third-order valence-electron chi connectivity index (χ3n) is 2.51. The first-order valence-electron chi connectivity index (χ1n) is 4.78. The first-order chi connectivity index (χ1) is 6.77. The van der Waals surface area contributed by atoms with Gasteiger partial charge in [-0.1, -0.05) is 6.92 Å². The van der Waals surface area contributed by atoms with Crippen LogP contribution < -0.4 is 4.74 Å². The highest BCUT2D eigenvalue weighted by molar-refractivity contribution is 5.55. The summed E-state index contributed by atoms with van der Waals surface area (Å²) in [6.45, 7) is 4.19. The molecule has 3 heteroatoms. The van der Waals surface area contributed by atoms with Crippen molar-refractivity contribution < 1.29 is 4.74 Å². The minimum absolute atomic E-state index is 0.829.